The Bertz CT molecular complexity index is 425. The highest BCUT2D eigenvalue weighted by Crippen LogP contribution is 2.29. The van der Waals surface area contributed by atoms with Gasteiger partial charge in [-0.15, -0.1) is 0 Å². The number of hydrogen-bond donors (Lipinski definition) is 2. The molecule has 4 nitrogen and oxygen atoms in total. The molecular formula is C13H18Cl2N2O2. The smallest absolute Gasteiger partial charge is 0.319 e. The van der Waals surface area contributed by atoms with E-state index in [0.717, 1.165) is 6.42 Å². The number of urea groups is 1. The van der Waals surface area contributed by atoms with Gasteiger partial charge < -0.3 is 15.4 Å². The van der Waals surface area contributed by atoms with E-state index in [1.165, 1.54) is 0 Å². The average molecular weight is 305 g/mol. The van der Waals surface area contributed by atoms with Crippen LogP contribution in [-0.2, 0) is 4.74 Å². The molecule has 0 aliphatic carbocycles. The molecule has 0 fully saturated rings. The molecule has 1 aromatic rings. The molecule has 0 saturated carbocycles. The number of benzene rings is 1. The van der Waals surface area contributed by atoms with Crippen molar-refractivity contribution in [2.45, 2.75) is 26.4 Å². The molecule has 1 rings (SSSR count). The van der Waals surface area contributed by atoms with Gasteiger partial charge in [-0.25, -0.2) is 4.79 Å². The standard InChI is InChI=1S/C13H18Cl2N2O2/c1-9(2)19-8-4-7-16-13(18)17-11-6-3-5-10(14)12(11)15/h3,5-6,9H,4,7-8H2,1-2H3,(H2,16,17,18). The van der Waals surface area contributed by atoms with Gasteiger partial charge in [0.2, 0.25) is 0 Å². The van der Waals surface area contributed by atoms with E-state index in [1.54, 1.807) is 18.2 Å². The maximum atomic E-state index is 11.6. The van der Waals surface area contributed by atoms with Crippen molar-refractivity contribution >= 4 is 34.9 Å². The third-order valence-corrected chi connectivity index (χ3v) is 3.08. The molecule has 0 aromatic heterocycles. The number of ether oxygens (including phenoxy) is 1. The van der Waals surface area contributed by atoms with Crippen LogP contribution in [0.4, 0.5) is 10.5 Å². The van der Waals surface area contributed by atoms with E-state index in [1.807, 2.05) is 13.8 Å². The molecule has 0 heterocycles. The summed E-state index contributed by atoms with van der Waals surface area (Å²) in [6.07, 6.45) is 0.966. The quantitative estimate of drug-likeness (QED) is 0.782. The van der Waals surface area contributed by atoms with Crippen LogP contribution in [0.2, 0.25) is 10.0 Å². The molecule has 19 heavy (non-hydrogen) atoms. The zero-order chi connectivity index (χ0) is 14.3. The van der Waals surface area contributed by atoms with Crippen molar-refractivity contribution in [3.8, 4) is 0 Å². The Morgan fingerprint density at radius 3 is 2.79 bits per heavy atom. The van der Waals surface area contributed by atoms with Gasteiger partial charge in [0, 0.05) is 13.2 Å². The van der Waals surface area contributed by atoms with Gasteiger partial charge in [0.15, 0.2) is 0 Å². The molecule has 106 valence electrons. The van der Waals surface area contributed by atoms with Gasteiger partial charge in [0.25, 0.3) is 0 Å². The second-order valence-electron chi connectivity index (χ2n) is 4.26. The summed E-state index contributed by atoms with van der Waals surface area (Å²) in [4.78, 5) is 11.6. The summed E-state index contributed by atoms with van der Waals surface area (Å²) in [5.41, 5.74) is 0.491. The van der Waals surface area contributed by atoms with Crippen molar-refractivity contribution < 1.29 is 9.53 Å². The molecule has 0 spiro atoms. The number of carbonyl (C=O) groups excluding carboxylic acids is 1. The first kappa shape index (κ1) is 16.1. The monoisotopic (exact) mass is 304 g/mol. The second kappa shape index (κ2) is 8.25. The maximum absolute atomic E-state index is 11.6. The fraction of sp³-hybridized carbons (Fsp3) is 0.462. The van der Waals surface area contributed by atoms with Crippen LogP contribution >= 0.6 is 23.2 Å². The fourth-order valence-electron chi connectivity index (χ4n) is 1.36. The number of halogens is 2. The SMILES string of the molecule is CC(C)OCCCNC(=O)Nc1cccc(Cl)c1Cl. The first-order chi connectivity index (χ1) is 9.00. The number of hydrogen-bond acceptors (Lipinski definition) is 2. The van der Waals surface area contributed by atoms with E-state index in [-0.39, 0.29) is 12.1 Å². The Labute approximate surface area is 123 Å². The summed E-state index contributed by atoms with van der Waals surface area (Å²) in [5, 5.41) is 6.11. The molecule has 0 atom stereocenters. The number of nitrogens with one attached hydrogen (secondary N) is 2. The molecule has 0 radical (unpaired) electrons. The predicted molar refractivity (Wildman–Crippen MR) is 79.2 cm³/mol. The highest BCUT2D eigenvalue weighted by Gasteiger charge is 2.07. The van der Waals surface area contributed by atoms with Gasteiger partial charge in [-0.2, -0.15) is 0 Å². The van der Waals surface area contributed by atoms with Crippen molar-refractivity contribution in [2.75, 3.05) is 18.5 Å². The highest BCUT2D eigenvalue weighted by atomic mass is 35.5. The summed E-state index contributed by atoms with van der Waals surface area (Å²) >= 11 is 11.8. The topological polar surface area (TPSA) is 50.4 Å². The Morgan fingerprint density at radius 1 is 1.37 bits per heavy atom. The lowest BCUT2D eigenvalue weighted by Crippen LogP contribution is -2.30. The lowest BCUT2D eigenvalue weighted by molar-refractivity contribution is 0.0775. The van der Waals surface area contributed by atoms with Crippen LogP contribution in [0.15, 0.2) is 18.2 Å². The predicted octanol–water partition coefficient (Wildman–Crippen LogP) is 3.93. The summed E-state index contributed by atoms with van der Waals surface area (Å²) in [6.45, 7) is 5.11. The van der Waals surface area contributed by atoms with E-state index in [4.69, 9.17) is 27.9 Å². The number of anilines is 1. The van der Waals surface area contributed by atoms with Crippen LogP contribution in [0.5, 0.6) is 0 Å². The summed E-state index contributed by atoms with van der Waals surface area (Å²) in [5.74, 6) is 0. The van der Waals surface area contributed by atoms with E-state index in [2.05, 4.69) is 10.6 Å². The Balaban J connectivity index is 2.29. The largest absolute Gasteiger partial charge is 0.379 e. The molecule has 2 N–H and O–H groups in total. The lowest BCUT2D eigenvalue weighted by Gasteiger charge is -2.10. The van der Waals surface area contributed by atoms with E-state index >= 15 is 0 Å². The normalized spacial score (nSPS) is 10.6. The van der Waals surface area contributed by atoms with Crippen molar-refractivity contribution in [3.05, 3.63) is 28.2 Å². The van der Waals surface area contributed by atoms with Crippen molar-refractivity contribution in [3.63, 3.8) is 0 Å². The van der Waals surface area contributed by atoms with Crippen LogP contribution < -0.4 is 10.6 Å². The molecular weight excluding hydrogens is 287 g/mol. The van der Waals surface area contributed by atoms with Crippen molar-refractivity contribution in [1.29, 1.82) is 0 Å². The molecule has 6 heteroatoms. The number of rotatable bonds is 6. The van der Waals surface area contributed by atoms with Gasteiger partial charge in [0.1, 0.15) is 0 Å². The molecule has 0 unspecified atom stereocenters. The lowest BCUT2D eigenvalue weighted by atomic mass is 10.3. The van der Waals surface area contributed by atoms with E-state index < -0.39 is 0 Å². The first-order valence-electron chi connectivity index (χ1n) is 6.11. The zero-order valence-electron chi connectivity index (χ0n) is 11.0. The third kappa shape index (κ3) is 6.14. The molecule has 0 aliphatic heterocycles. The molecule has 0 saturated heterocycles. The van der Waals surface area contributed by atoms with E-state index in [9.17, 15) is 4.79 Å². The number of carbonyl (C=O) groups is 1. The first-order valence-corrected chi connectivity index (χ1v) is 6.86. The minimum atomic E-state index is -0.311. The molecule has 0 aliphatic rings. The fourth-order valence-corrected chi connectivity index (χ4v) is 1.71. The van der Waals surface area contributed by atoms with Crippen molar-refractivity contribution in [1.82, 2.24) is 5.32 Å². The minimum Gasteiger partial charge on any atom is -0.379 e. The third-order valence-electron chi connectivity index (χ3n) is 2.26. The van der Waals surface area contributed by atoms with Gasteiger partial charge >= 0.3 is 6.03 Å². The summed E-state index contributed by atoms with van der Waals surface area (Å²) in [7, 11) is 0. The van der Waals surface area contributed by atoms with Crippen LogP contribution in [0.1, 0.15) is 20.3 Å². The Hall–Kier alpha value is -0.970. The summed E-state index contributed by atoms with van der Waals surface area (Å²) < 4.78 is 5.37. The van der Waals surface area contributed by atoms with Crippen molar-refractivity contribution in [2.24, 2.45) is 0 Å². The van der Waals surface area contributed by atoms with Crippen LogP contribution in [-0.4, -0.2) is 25.3 Å². The Kier molecular flexibility index (Phi) is 6.99. The van der Waals surface area contributed by atoms with Crippen LogP contribution in [0.3, 0.4) is 0 Å². The molecule has 0 bridgehead atoms. The molecule has 1 aromatic carbocycles. The average Bonchev–Trinajstić information content (AvgIpc) is 2.34. The van der Waals surface area contributed by atoms with Gasteiger partial charge in [-0.3, -0.25) is 0 Å². The minimum absolute atomic E-state index is 0.207. The number of amides is 2. The highest BCUT2D eigenvalue weighted by molar-refractivity contribution is 6.43. The van der Waals surface area contributed by atoms with Crippen LogP contribution in [0, 0.1) is 0 Å². The maximum Gasteiger partial charge on any atom is 0.319 e. The second-order valence-corrected chi connectivity index (χ2v) is 5.04. The zero-order valence-corrected chi connectivity index (χ0v) is 12.5. The van der Waals surface area contributed by atoms with E-state index in [0.29, 0.717) is 28.9 Å². The summed E-state index contributed by atoms with van der Waals surface area (Å²) in [6, 6.07) is 4.76. The van der Waals surface area contributed by atoms with Gasteiger partial charge in [0.05, 0.1) is 21.8 Å². The Morgan fingerprint density at radius 2 is 2.11 bits per heavy atom. The van der Waals surface area contributed by atoms with Gasteiger partial charge in [-0.05, 0) is 32.4 Å². The van der Waals surface area contributed by atoms with Crippen LogP contribution in [0.25, 0.3) is 0 Å². The molecule has 2 amide bonds. The van der Waals surface area contributed by atoms with Gasteiger partial charge in [-0.1, -0.05) is 29.3 Å².